The molecule has 1 aromatic heterocycles. The van der Waals surface area contributed by atoms with E-state index >= 15 is 0 Å². The molecule has 1 fully saturated rings. The first-order chi connectivity index (χ1) is 12.0. The van der Waals surface area contributed by atoms with Gasteiger partial charge in [-0.1, -0.05) is 0 Å². The van der Waals surface area contributed by atoms with Crippen LogP contribution in [0.1, 0.15) is 37.3 Å². The van der Waals surface area contributed by atoms with Crippen LogP contribution in [0.25, 0.3) is 0 Å². The highest BCUT2D eigenvalue weighted by molar-refractivity contribution is 5.77. The minimum Gasteiger partial charge on any atom is -0.491 e. The van der Waals surface area contributed by atoms with E-state index < -0.39 is 11.6 Å². The van der Waals surface area contributed by atoms with E-state index in [4.69, 9.17) is 4.74 Å². The minimum absolute atomic E-state index is 0.00302. The second-order valence-corrected chi connectivity index (χ2v) is 6.22. The van der Waals surface area contributed by atoms with Crippen molar-refractivity contribution in [3.63, 3.8) is 0 Å². The number of aromatic nitrogens is 2. The number of hydrogen-bond donors (Lipinski definition) is 0. The minimum atomic E-state index is -0.734. The van der Waals surface area contributed by atoms with Crippen LogP contribution in [0.3, 0.4) is 0 Å². The number of rotatable bonds is 6. The van der Waals surface area contributed by atoms with Crippen LogP contribution in [0.4, 0.5) is 8.78 Å². The molecule has 1 aromatic carbocycles. The monoisotopic (exact) mass is 349 g/mol. The number of amides is 1. The molecule has 134 valence electrons. The van der Waals surface area contributed by atoms with Gasteiger partial charge in [-0.05, 0) is 31.4 Å². The van der Waals surface area contributed by atoms with E-state index in [1.165, 1.54) is 6.07 Å². The molecule has 0 aliphatic carbocycles. The first kappa shape index (κ1) is 17.4. The summed E-state index contributed by atoms with van der Waals surface area (Å²) in [6.07, 6.45) is 6.47. The number of halogens is 2. The lowest BCUT2D eigenvalue weighted by atomic mass is 10.1. The van der Waals surface area contributed by atoms with E-state index in [9.17, 15) is 13.6 Å². The normalized spacial score (nSPS) is 17.1. The van der Waals surface area contributed by atoms with Gasteiger partial charge in [-0.15, -0.1) is 0 Å². The maximum Gasteiger partial charge on any atom is 0.223 e. The first-order valence-corrected chi connectivity index (χ1v) is 8.40. The van der Waals surface area contributed by atoms with Crippen molar-refractivity contribution in [2.75, 3.05) is 13.2 Å². The molecule has 1 atom stereocenters. The Morgan fingerprint density at radius 2 is 2.24 bits per heavy atom. The van der Waals surface area contributed by atoms with Crippen molar-refractivity contribution in [1.82, 2.24) is 14.7 Å². The van der Waals surface area contributed by atoms with Crippen LogP contribution in [0.5, 0.6) is 5.75 Å². The zero-order chi connectivity index (χ0) is 17.8. The van der Waals surface area contributed by atoms with Crippen LogP contribution in [-0.4, -0.2) is 33.7 Å². The second kappa shape index (κ2) is 7.63. The molecule has 1 amide bonds. The third-order valence-corrected chi connectivity index (χ3v) is 4.37. The summed E-state index contributed by atoms with van der Waals surface area (Å²) in [7, 11) is 1.86. The molecule has 0 spiro atoms. The van der Waals surface area contributed by atoms with Crippen LogP contribution >= 0.6 is 0 Å². The van der Waals surface area contributed by atoms with Gasteiger partial charge in [0.15, 0.2) is 11.6 Å². The summed E-state index contributed by atoms with van der Waals surface area (Å²) >= 11 is 0. The lowest BCUT2D eigenvalue weighted by Gasteiger charge is -2.24. The lowest BCUT2D eigenvalue weighted by Crippen LogP contribution is -2.30. The summed E-state index contributed by atoms with van der Waals surface area (Å²) in [5.41, 5.74) is 1.05. The Hall–Kier alpha value is -2.44. The largest absolute Gasteiger partial charge is 0.491 e. The first-order valence-electron chi connectivity index (χ1n) is 8.40. The Labute approximate surface area is 145 Å². The lowest BCUT2D eigenvalue weighted by molar-refractivity contribution is -0.132. The number of carbonyl (C=O) groups excluding carboxylic acids is 1. The quantitative estimate of drug-likeness (QED) is 0.753. The van der Waals surface area contributed by atoms with Crippen LogP contribution in [0, 0.1) is 11.6 Å². The highest BCUT2D eigenvalue weighted by Gasteiger charge is 2.30. The van der Waals surface area contributed by atoms with Crippen molar-refractivity contribution in [3.8, 4) is 5.75 Å². The van der Waals surface area contributed by atoms with Gasteiger partial charge in [-0.2, -0.15) is 5.10 Å². The van der Waals surface area contributed by atoms with Gasteiger partial charge in [0.05, 0.1) is 18.8 Å². The van der Waals surface area contributed by atoms with E-state index in [0.717, 1.165) is 37.1 Å². The van der Waals surface area contributed by atoms with Crippen molar-refractivity contribution in [3.05, 3.63) is 47.8 Å². The molecule has 7 heteroatoms. The molecule has 0 unspecified atom stereocenters. The molecule has 0 saturated carbocycles. The fourth-order valence-corrected chi connectivity index (χ4v) is 3.17. The van der Waals surface area contributed by atoms with Gasteiger partial charge in [0, 0.05) is 37.8 Å². The van der Waals surface area contributed by atoms with E-state index in [1.54, 1.807) is 10.9 Å². The maximum absolute atomic E-state index is 13.5. The van der Waals surface area contributed by atoms with E-state index in [2.05, 4.69) is 5.10 Å². The van der Waals surface area contributed by atoms with Gasteiger partial charge in [0.1, 0.15) is 5.82 Å². The van der Waals surface area contributed by atoms with Crippen molar-refractivity contribution in [2.45, 2.75) is 31.7 Å². The maximum atomic E-state index is 13.5. The molecule has 25 heavy (non-hydrogen) atoms. The van der Waals surface area contributed by atoms with Gasteiger partial charge >= 0.3 is 0 Å². The Balaban J connectivity index is 1.48. The Kier molecular flexibility index (Phi) is 5.31. The van der Waals surface area contributed by atoms with Gasteiger partial charge in [-0.25, -0.2) is 8.78 Å². The fraction of sp³-hybridized carbons (Fsp3) is 0.444. The Morgan fingerprint density at radius 1 is 1.40 bits per heavy atom. The molecule has 1 aliphatic rings. The highest BCUT2D eigenvalue weighted by Crippen LogP contribution is 2.32. The smallest absolute Gasteiger partial charge is 0.223 e. The third-order valence-electron chi connectivity index (χ3n) is 4.37. The number of ether oxygens (including phenoxy) is 1. The van der Waals surface area contributed by atoms with Gasteiger partial charge < -0.3 is 9.64 Å². The number of benzene rings is 1. The molecule has 5 nitrogen and oxygen atoms in total. The average Bonchev–Trinajstić information content (AvgIpc) is 3.21. The zero-order valence-electron chi connectivity index (χ0n) is 14.1. The molecule has 3 rings (SSSR count). The van der Waals surface area contributed by atoms with E-state index in [0.29, 0.717) is 12.8 Å². The Morgan fingerprint density at radius 3 is 2.96 bits per heavy atom. The van der Waals surface area contributed by atoms with Gasteiger partial charge in [0.25, 0.3) is 0 Å². The molecular formula is C18H21F2N3O2. The van der Waals surface area contributed by atoms with Crippen LogP contribution in [0.15, 0.2) is 30.6 Å². The summed E-state index contributed by atoms with van der Waals surface area (Å²) < 4.78 is 33.3. The van der Waals surface area contributed by atoms with E-state index in [-0.39, 0.29) is 24.3 Å². The molecule has 0 radical (unpaired) electrons. The third kappa shape index (κ3) is 4.15. The summed E-state index contributed by atoms with van der Waals surface area (Å²) in [6.45, 7) is 0.950. The molecular weight excluding hydrogens is 328 g/mol. The molecule has 1 aliphatic heterocycles. The Bertz CT molecular complexity index is 748. The molecule has 2 heterocycles. The van der Waals surface area contributed by atoms with Crippen molar-refractivity contribution >= 4 is 5.91 Å². The van der Waals surface area contributed by atoms with Crippen LogP contribution < -0.4 is 4.74 Å². The van der Waals surface area contributed by atoms with E-state index in [1.807, 2.05) is 18.1 Å². The number of nitrogens with zero attached hydrogens (tertiary/aromatic N) is 3. The van der Waals surface area contributed by atoms with Gasteiger partial charge in [0.2, 0.25) is 5.91 Å². The summed E-state index contributed by atoms with van der Waals surface area (Å²) in [5, 5.41) is 4.17. The summed E-state index contributed by atoms with van der Waals surface area (Å²) in [4.78, 5) is 14.4. The number of aryl methyl sites for hydroxylation is 1. The molecule has 0 N–H and O–H groups in total. The van der Waals surface area contributed by atoms with Crippen molar-refractivity contribution < 1.29 is 18.3 Å². The predicted molar refractivity (Wildman–Crippen MR) is 88.0 cm³/mol. The molecule has 0 bridgehead atoms. The summed E-state index contributed by atoms with van der Waals surface area (Å²) in [6, 6.07) is 3.26. The topological polar surface area (TPSA) is 47.4 Å². The van der Waals surface area contributed by atoms with Gasteiger partial charge in [-0.3, -0.25) is 9.48 Å². The highest BCUT2D eigenvalue weighted by atomic mass is 19.1. The van der Waals surface area contributed by atoms with Crippen molar-refractivity contribution in [2.24, 2.45) is 7.05 Å². The number of likely N-dealkylation sites (tertiary alicyclic amines) is 1. The van der Waals surface area contributed by atoms with Crippen LogP contribution in [0.2, 0.25) is 0 Å². The standard InChI is InChI=1S/C18H21F2N3O2/c1-22-12-13(11-21-22)16-4-2-8-23(16)18(24)5-3-9-25-17-7-6-14(19)10-15(17)20/h6-7,10-12,16H,2-5,8-9H2,1H3/t16-/m0/s1. The molecule has 2 aromatic rings. The SMILES string of the molecule is Cn1cc([C@@H]2CCCN2C(=O)CCCOc2ccc(F)cc2F)cn1. The van der Waals surface area contributed by atoms with Crippen molar-refractivity contribution in [1.29, 1.82) is 0 Å². The average molecular weight is 349 g/mol. The molecule has 1 saturated heterocycles. The zero-order valence-corrected chi connectivity index (χ0v) is 14.1. The fourth-order valence-electron chi connectivity index (χ4n) is 3.17. The number of carbonyl (C=O) groups is 1. The predicted octanol–water partition coefficient (Wildman–Crippen LogP) is 3.22. The van der Waals surface area contributed by atoms with Crippen LogP contribution in [-0.2, 0) is 11.8 Å². The summed E-state index contributed by atoms with van der Waals surface area (Å²) in [5.74, 6) is -1.31. The number of hydrogen-bond acceptors (Lipinski definition) is 3. The second-order valence-electron chi connectivity index (χ2n) is 6.22.